The van der Waals surface area contributed by atoms with Gasteiger partial charge in [0.15, 0.2) is 0 Å². The second-order valence-corrected chi connectivity index (χ2v) is 4.19. The van der Waals surface area contributed by atoms with E-state index in [0.717, 1.165) is 5.56 Å². The van der Waals surface area contributed by atoms with Gasteiger partial charge in [-0.15, -0.1) is 0 Å². The van der Waals surface area contributed by atoms with Crippen molar-refractivity contribution in [2.24, 2.45) is 10.9 Å². The maximum Gasteiger partial charge on any atom is 0.253 e. The van der Waals surface area contributed by atoms with Gasteiger partial charge < -0.3 is 5.84 Å². The lowest BCUT2D eigenvalue weighted by molar-refractivity contribution is 0.108. The largest absolute Gasteiger partial charge is 0.323 e. The Balaban J connectivity index is 0.000000191. The lowest BCUT2D eigenvalue weighted by Gasteiger charge is -1.93. The standard InChI is InChI=1S/C7H4Cl2O.C7H8N2/c8-6-4-2-1-3-5(6)7(9)10;8-9-6-7-4-2-1-3-5-7/h1-4H;1-6H,8H2. The van der Waals surface area contributed by atoms with Crippen molar-refractivity contribution in [3.8, 4) is 0 Å². The van der Waals surface area contributed by atoms with Crippen LogP contribution >= 0.6 is 23.2 Å². The molecule has 0 radical (unpaired) electrons. The van der Waals surface area contributed by atoms with E-state index in [9.17, 15) is 4.79 Å². The Bertz CT molecular complexity index is 556. The molecule has 0 bridgehead atoms. The number of rotatable bonds is 2. The zero-order valence-corrected chi connectivity index (χ0v) is 11.5. The van der Waals surface area contributed by atoms with Crippen LogP contribution < -0.4 is 5.84 Å². The van der Waals surface area contributed by atoms with E-state index in [1.165, 1.54) is 0 Å². The molecule has 2 aromatic carbocycles. The Morgan fingerprint density at radius 1 is 1.05 bits per heavy atom. The van der Waals surface area contributed by atoms with Crippen LogP contribution in [-0.4, -0.2) is 11.5 Å². The van der Waals surface area contributed by atoms with Gasteiger partial charge in [0, 0.05) is 0 Å². The first-order valence-electron chi connectivity index (χ1n) is 5.38. The van der Waals surface area contributed by atoms with E-state index in [1.807, 2.05) is 30.3 Å². The summed E-state index contributed by atoms with van der Waals surface area (Å²) in [6, 6.07) is 16.4. The van der Waals surface area contributed by atoms with Crippen LogP contribution in [0, 0.1) is 0 Å². The van der Waals surface area contributed by atoms with Gasteiger partial charge in [0.25, 0.3) is 5.24 Å². The summed E-state index contributed by atoms with van der Waals surface area (Å²) >= 11 is 10.8. The molecule has 0 saturated carbocycles. The second-order valence-electron chi connectivity index (χ2n) is 3.44. The van der Waals surface area contributed by atoms with Crippen molar-refractivity contribution in [3.63, 3.8) is 0 Å². The topological polar surface area (TPSA) is 55.4 Å². The van der Waals surface area contributed by atoms with E-state index in [4.69, 9.17) is 29.0 Å². The van der Waals surface area contributed by atoms with Crippen LogP contribution in [0.5, 0.6) is 0 Å². The first kappa shape index (κ1) is 15.2. The number of hydrogen-bond donors (Lipinski definition) is 1. The number of benzene rings is 2. The van der Waals surface area contributed by atoms with Crippen LogP contribution in [0.15, 0.2) is 59.7 Å². The predicted octanol–water partition coefficient (Wildman–Crippen LogP) is 3.70. The molecule has 0 atom stereocenters. The molecule has 5 heteroatoms. The Kier molecular flexibility index (Phi) is 6.64. The number of carbonyl (C=O) groups excluding carboxylic acids is 1. The quantitative estimate of drug-likeness (QED) is 0.397. The summed E-state index contributed by atoms with van der Waals surface area (Å²) in [5.41, 5.74) is 1.38. The van der Waals surface area contributed by atoms with E-state index in [2.05, 4.69) is 5.10 Å². The van der Waals surface area contributed by atoms with Crippen molar-refractivity contribution in [3.05, 3.63) is 70.7 Å². The first-order valence-corrected chi connectivity index (χ1v) is 6.13. The molecular formula is C14H12Cl2N2O. The molecule has 0 saturated heterocycles. The summed E-state index contributed by atoms with van der Waals surface area (Å²) in [5, 5.41) is 3.25. The van der Waals surface area contributed by atoms with Crippen molar-refractivity contribution in [2.75, 3.05) is 0 Å². The Hall–Kier alpha value is -1.84. The zero-order chi connectivity index (χ0) is 14.1. The molecule has 0 fully saturated rings. The lowest BCUT2D eigenvalue weighted by atomic mass is 10.2. The number of carbonyl (C=O) groups is 1. The van der Waals surface area contributed by atoms with Gasteiger partial charge in [-0.25, -0.2) is 0 Å². The van der Waals surface area contributed by atoms with Gasteiger partial charge in [0.05, 0.1) is 16.8 Å². The van der Waals surface area contributed by atoms with Crippen molar-refractivity contribution in [1.82, 2.24) is 0 Å². The number of hydrogen-bond acceptors (Lipinski definition) is 3. The van der Waals surface area contributed by atoms with E-state index >= 15 is 0 Å². The third kappa shape index (κ3) is 5.55. The van der Waals surface area contributed by atoms with E-state index in [1.54, 1.807) is 30.5 Å². The van der Waals surface area contributed by atoms with Crippen LogP contribution in [0.3, 0.4) is 0 Å². The van der Waals surface area contributed by atoms with E-state index in [0.29, 0.717) is 10.6 Å². The summed E-state index contributed by atoms with van der Waals surface area (Å²) in [6.45, 7) is 0. The molecule has 0 aliphatic heterocycles. The van der Waals surface area contributed by atoms with Gasteiger partial charge in [0.1, 0.15) is 0 Å². The fourth-order valence-corrected chi connectivity index (χ4v) is 1.68. The van der Waals surface area contributed by atoms with Crippen LogP contribution in [0.25, 0.3) is 0 Å². The molecule has 0 aromatic heterocycles. The van der Waals surface area contributed by atoms with Gasteiger partial charge >= 0.3 is 0 Å². The summed E-state index contributed by atoms with van der Waals surface area (Å²) in [4.78, 5) is 10.5. The number of hydrazone groups is 1. The highest BCUT2D eigenvalue weighted by Gasteiger charge is 2.03. The molecule has 2 N–H and O–H groups in total. The number of nitrogens with two attached hydrogens (primary N) is 1. The predicted molar refractivity (Wildman–Crippen MR) is 79.9 cm³/mol. The Labute approximate surface area is 121 Å². The highest BCUT2D eigenvalue weighted by Crippen LogP contribution is 2.16. The summed E-state index contributed by atoms with van der Waals surface area (Å²) in [6.07, 6.45) is 1.61. The molecule has 0 heterocycles. The minimum Gasteiger partial charge on any atom is -0.323 e. The summed E-state index contributed by atoms with van der Waals surface area (Å²) in [7, 11) is 0. The lowest BCUT2D eigenvalue weighted by Crippen LogP contribution is -1.87. The fraction of sp³-hybridized carbons (Fsp3) is 0. The van der Waals surface area contributed by atoms with Gasteiger partial charge in [0.2, 0.25) is 0 Å². The molecule has 0 aliphatic rings. The molecule has 2 rings (SSSR count). The van der Waals surface area contributed by atoms with Crippen LogP contribution in [-0.2, 0) is 0 Å². The SMILES string of the molecule is NN=Cc1ccccc1.O=C(Cl)c1ccccc1Cl. The second kappa shape index (κ2) is 8.29. The number of halogens is 2. The minimum atomic E-state index is -0.523. The average Bonchev–Trinajstić information content (AvgIpc) is 2.41. The molecule has 0 spiro atoms. The third-order valence-corrected chi connectivity index (χ3v) is 2.64. The van der Waals surface area contributed by atoms with Crippen LogP contribution in [0.4, 0.5) is 0 Å². The molecule has 98 valence electrons. The Morgan fingerprint density at radius 2 is 1.63 bits per heavy atom. The fourth-order valence-electron chi connectivity index (χ4n) is 1.25. The van der Waals surface area contributed by atoms with Crippen molar-refractivity contribution in [2.45, 2.75) is 0 Å². The normalized spacial score (nSPS) is 9.79. The molecule has 2 aromatic rings. The Morgan fingerprint density at radius 3 is 2.11 bits per heavy atom. The van der Waals surface area contributed by atoms with Crippen molar-refractivity contribution in [1.29, 1.82) is 0 Å². The molecule has 0 aliphatic carbocycles. The van der Waals surface area contributed by atoms with Crippen LogP contribution in [0.2, 0.25) is 5.02 Å². The molecule has 3 nitrogen and oxygen atoms in total. The van der Waals surface area contributed by atoms with Gasteiger partial charge in [-0.05, 0) is 29.3 Å². The van der Waals surface area contributed by atoms with Crippen molar-refractivity contribution < 1.29 is 4.79 Å². The van der Waals surface area contributed by atoms with Gasteiger partial charge in [-0.1, -0.05) is 54.1 Å². The van der Waals surface area contributed by atoms with Gasteiger partial charge in [-0.2, -0.15) is 5.10 Å². The first-order chi connectivity index (χ1) is 9.15. The van der Waals surface area contributed by atoms with Crippen LogP contribution in [0.1, 0.15) is 15.9 Å². The van der Waals surface area contributed by atoms with Gasteiger partial charge in [-0.3, -0.25) is 4.79 Å². The average molecular weight is 295 g/mol. The number of nitrogens with zero attached hydrogens (tertiary/aromatic N) is 1. The van der Waals surface area contributed by atoms with E-state index < -0.39 is 5.24 Å². The smallest absolute Gasteiger partial charge is 0.253 e. The molecular weight excluding hydrogens is 283 g/mol. The molecule has 19 heavy (non-hydrogen) atoms. The highest BCUT2D eigenvalue weighted by atomic mass is 35.5. The zero-order valence-electron chi connectivity index (χ0n) is 9.96. The summed E-state index contributed by atoms with van der Waals surface area (Å²) in [5.74, 6) is 4.93. The maximum atomic E-state index is 10.5. The van der Waals surface area contributed by atoms with Crippen molar-refractivity contribution >= 4 is 34.7 Å². The summed E-state index contributed by atoms with van der Waals surface area (Å²) < 4.78 is 0. The monoisotopic (exact) mass is 294 g/mol. The maximum absolute atomic E-state index is 10.5. The van der Waals surface area contributed by atoms with E-state index in [-0.39, 0.29) is 0 Å². The molecule has 0 amide bonds. The third-order valence-electron chi connectivity index (χ3n) is 2.11. The molecule has 0 unspecified atom stereocenters. The highest BCUT2D eigenvalue weighted by molar-refractivity contribution is 6.68. The minimum absolute atomic E-state index is 0.353.